The third-order valence-electron chi connectivity index (χ3n) is 5.90. The minimum Gasteiger partial charge on any atom is -0.480 e. The zero-order valence-corrected chi connectivity index (χ0v) is 22.3. The first kappa shape index (κ1) is 34.0. The van der Waals surface area contributed by atoms with Crippen LogP contribution in [0.5, 0.6) is 0 Å². The lowest BCUT2D eigenvalue weighted by atomic mass is 10.0. The summed E-state index contributed by atoms with van der Waals surface area (Å²) < 4.78 is 10.1. The molecule has 0 fully saturated rings. The van der Waals surface area contributed by atoms with Crippen molar-refractivity contribution in [2.45, 2.75) is 116 Å². The smallest absolute Gasteiger partial charge is 0.326 e. The van der Waals surface area contributed by atoms with E-state index >= 15 is 0 Å². The molecule has 36 heavy (non-hydrogen) atoms. The zero-order valence-electron chi connectivity index (χ0n) is 22.3. The Bertz CT molecular complexity index is 572. The van der Waals surface area contributed by atoms with Crippen molar-refractivity contribution in [3.8, 4) is 0 Å². The van der Waals surface area contributed by atoms with Crippen molar-refractivity contribution in [3.63, 3.8) is 0 Å². The van der Waals surface area contributed by atoms with Crippen molar-refractivity contribution >= 4 is 24.1 Å². The van der Waals surface area contributed by atoms with Crippen molar-refractivity contribution in [2.75, 3.05) is 33.0 Å². The summed E-state index contributed by atoms with van der Waals surface area (Å²) in [4.78, 5) is 45.4. The molecule has 1 radical (unpaired) electrons. The number of rotatable bonds is 27. The van der Waals surface area contributed by atoms with Crippen LogP contribution in [0.2, 0.25) is 0 Å². The van der Waals surface area contributed by atoms with Crippen LogP contribution >= 0.6 is 0 Å². The van der Waals surface area contributed by atoms with Gasteiger partial charge in [0.25, 0.3) is 0 Å². The van der Waals surface area contributed by atoms with E-state index in [2.05, 4.69) is 17.6 Å². The van der Waals surface area contributed by atoms with Gasteiger partial charge in [-0.25, -0.2) is 4.79 Å². The fraction of sp³-hybridized carbons (Fsp3) is 0.852. The Morgan fingerprint density at radius 3 is 1.86 bits per heavy atom. The number of carboxylic acid groups (broad SMARTS) is 1. The standard InChI is InChI=1S/C27H49N2O7/c1-2-3-4-5-6-7-8-9-10-11-12-13-14-15-26(32)29-24(27(33)34)16-17-25(31)28-18-20-35-22-23-36-21-19-30/h24H,2-18,20-23H2,1H3,(H,28,31)(H,29,32)(H,33,34). The molecule has 0 aromatic rings. The van der Waals surface area contributed by atoms with E-state index in [1.54, 1.807) is 6.29 Å². The average molecular weight is 514 g/mol. The molecular formula is C27H49N2O7. The lowest BCUT2D eigenvalue weighted by Gasteiger charge is -2.14. The molecule has 0 bridgehead atoms. The van der Waals surface area contributed by atoms with E-state index in [1.807, 2.05) is 0 Å². The number of ether oxygens (including phenoxy) is 2. The number of carboxylic acids is 1. The Labute approximate surface area is 217 Å². The topological polar surface area (TPSA) is 131 Å². The molecule has 2 amide bonds. The first-order valence-corrected chi connectivity index (χ1v) is 13.8. The second-order valence-corrected chi connectivity index (χ2v) is 9.15. The fourth-order valence-electron chi connectivity index (χ4n) is 3.79. The third kappa shape index (κ3) is 23.7. The summed E-state index contributed by atoms with van der Waals surface area (Å²) in [7, 11) is 0. The molecule has 3 N–H and O–H groups in total. The summed E-state index contributed by atoms with van der Waals surface area (Å²) in [6, 6.07) is -1.08. The molecule has 0 aromatic carbocycles. The first-order valence-electron chi connectivity index (χ1n) is 13.8. The Kier molecular flexibility index (Phi) is 24.6. The van der Waals surface area contributed by atoms with Gasteiger partial charge >= 0.3 is 5.97 Å². The molecule has 0 heterocycles. The van der Waals surface area contributed by atoms with Gasteiger partial charge in [-0.3, -0.25) is 14.4 Å². The van der Waals surface area contributed by atoms with Gasteiger partial charge in [-0.2, -0.15) is 0 Å². The highest BCUT2D eigenvalue weighted by Crippen LogP contribution is 2.13. The lowest BCUT2D eigenvalue weighted by molar-refractivity contribution is -0.142. The summed E-state index contributed by atoms with van der Waals surface area (Å²) in [6.45, 7) is 3.26. The van der Waals surface area contributed by atoms with Gasteiger partial charge in [0.1, 0.15) is 12.6 Å². The molecule has 0 aliphatic heterocycles. The highest BCUT2D eigenvalue weighted by molar-refractivity contribution is 5.84. The molecular weight excluding hydrogens is 464 g/mol. The Hall–Kier alpha value is -2.00. The third-order valence-corrected chi connectivity index (χ3v) is 5.90. The number of carbonyl (C=O) groups excluding carboxylic acids is 3. The number of hydrogen-bond donors (Lipinski definition) is 3. The fourth-order valence-corrected chi connectivity index (χ4v) is 3.79. The number of amides is 2. The minimum atomic E-state index is -1.14. The van der Waals surface area contributed by atoms with Gasteiger partial charge in [0.15, 0.2) is 0 Å². The Morgan fingerprint density at radius 1 is 0.750 bits per heavy atom. The van der Waals surface area contributed by atoms with E-state index in [4.69, 9.17) is 9.47 Å². The first-order chi connectivity index (χ1) is 17.5. The molecule has 0 aliphatic carbocycles. The number of nitrogens with one attached hydrogen (secondary N) is 2. The lowest BCUT2D eigenvalue weighted by Crippen LogP contribution is -2.41. The maximum absolute atomic E-state index is 12.1. The van der Waals surface area contributed by atoms with E-state index in [0.717, 1.165) is 19.3 Å². The molecule has 0 rings (SSSR count). The monoisotopic (exact) mass is 513 g/mol. The average Bonchev–Trinajstić information content (AvgIpc) is 2.86. The van der Waals surface area contributed by atoms with Crippen LogP contribution in [0.15, 0.2) is 0 Å². The van der Waals surface area contributed by atoms with Crippen molar-refractivity contribution in [2.24, 2.45) is 0 Å². The number of hydrogen-bond acceptors (Lipinski definition) is 6. The predicted octanol–water partition coefficient (Wildman–Crippen LogP) is 4.08. The van der Waals surface area contributed by atoms with Crippen LogP contribution in [0, 0.1) is 0 Å². The maximum Gasteiger partial charge on any atom is 0.326 e. The summed E-state index contributed by atoms with van der Waals surface area (Å²) in [5.74, 6) is -1.73. The van der Waals surface area contributed by atoms with Crippen LogP contribution in [-0.2, 0) is 28.7 Å². The van der Waals surface area contributed by atoms with Gasteiger partial charge in [0.2, 0.25) is 18.1 Å². The quantitative estimate of drug-likeness (QED) is 0.141. The highest BCUT2D eigenvalue weighted by Gasteiger charge is 2.20. The zero-order chi connectivity index (χ0) is 26.7. The molecule has 9 heteroatoms. The van der Waals surface area contributed by atoms with E-state index < -0.39 is 12.0 Å². The molecule has 0 saturated carbocycles. The molecule has 1 atom stereocenters. The second-order valence-electron chi connectivity index (χ2n) is 9.15. The van der Waals surface area contributed by atoms with Gasteiger partial charge in [-0.15, -0.1) is 0 Å². The molecule has 0 spiro atoms. The van der Waals surface area contributed by atoms with Crippen molar-refractivity contribution in [3.05, 3.63) is 0 Å². The van der Waals surface area contributed by atoms with Crippen LogP contribution < -0.4 is 10.6 Å². The minimum absolute atomic E-state index is 0.00569. The summed E-state index contributed by atoms with van der Waals surface area (Å²) >= 11 is 0. The van der Waals surface area contributed by atoms with Gasteiger partial charge in [-0.1, -0.05) is 84.0 Å². The van der Waals surface area contributed by atoms with Crippen molar-refractivity contribution in [1.29, 1.82) is 0 Å². The Balaban J connectivity index is 3.71. The highest BCUT2D eigenvalue weighted by atomic mass is 16.5. The van der Waals surface area contributed by atoms with Crippen LogP contribution in [0.4, 0.5) is 0 Å². The van der Waals surface area contributed by atoms with Crippen LogP contribution in [0.25, 0.3) is 0 Å². The van der Waals surface area contributed by atoms with E-state index in [9.17, 15) is 24.3 Å². The van der Waals surface area contributed by atoms with Gasteiger partial charge < -0.3 is 25.2 Å². The van der Waals surface area contributed by atoms with E-state index in [1.165, 1.54) is 64.2 Å². The summed E-state index contributed by atoms with van der Waals surface area (Å²) in [5, 5.41) is 14.5. The normalized spacial score (nSPS) is 11.7. The number of unbranched alkanes of at least 4 members (excludes halogenated alkanes) is 12. The number of carbonyl (C=O) groups is 3. The Morgan fingerprint density at radius 2 is 1.31 bits per heavy atom. The molecule has 0 aromatic heterocycles. The van der Waals surface area contributed by atoms with Crippen LogP contribution in [0.1, 0.15) is 110 Å². The van der Waals surface area contributed by atoms with Crippen molar-refractivity contribution < 1.29 is 33.8 Å². The molecule has 0 aliphatic rings. The molecule has 1 unspecified atom stereocenters. The molecule has 0 saturated heterocycles. The largest absolute Gasteiger partial charge is 0.480 e. The number of aliphatic carboxylic acids is 1. The van der Waals surface area contributed by atoms with Gasteiger partial charge in [0.05, 0.1) is 19.8 Å². The molecule has 209 valence electrons. The van der Waals surface area contributed by atoms with E-state index in [-0.39, 0.29) is 51.0 Å². The maximum atomic E-state index is 12.1. The van der Waals surface area contributed by atoms with Crippen LogP contribution in [0.3, 0.4) is 0 Å². The van der Waals surface area contributed by atoms with E-state index in [0.29, 0.717) is 13.0 Å². The SMILES string of the molecule is CCCCCCCCCCCCCCCC(=O)NC(CCC(=O)NCCOCCOC[C]=O)C(=O)O. The van der Waals surface area contributed by atoms with Crippen molar-refractivity contribution in [1.82, 2.24) is 10.6 Å². The predicted molar refractivity (Wildman–Crippen MR) is 139 cm³/mol. The van der Waals surface area contributed by atoms with Gasteiger partial charge in [0, 0.05) is 19.4 Å². The summed E-state index contributed by atoms with van der Waals surface area (Å²) in [6.07, 6.45) is 17.8. The van der Waals surface area contributed by atoms with Gasteiger partial charge in [-0.05, 0) is 12.8 Å². The molecule has 9 nitrogen and oxygen atoms in total. The summed E-state index contributed by atoms with van der Waals surface area (Å²) in [5.41, 5.74) is 0. The van der Waals surface area contributed by atoms with Crippen LogP contribution in [-0.4, -0.2) is 68.2 Å². The second kappa shape index (κ2) is 26.1.